The molecule has 2 N–H and O–H groups in total. The van der Waals surface area contributed by atoms with Gasteiger partial charge in [0.1, 0.15) is 6.54 Å². The smallest absolute Gasteiger partial charge is 0.323 e. The van der Waals surface area contributed by atoms with Crippen LogP contribution in [0, 0.1) is 0 Å². The van der Waals surface area contributed by atoms with E-state index >= 15 is 0 Å². The summed E-state index contributed by atoms with van der Waals surface area (Å²) >= 11 is 0. The largest absolute Gasteiger partial charge is 0.480 e. The Morgan fingerprint density at radius 1 is 1.32 bits per heavy atom. The summed E-state index contributed by atoms with van der Waals surface area (Å²) in [6.45, 7) is -0.787. The second-order valence-corrected chi connectivity index (χ2v) is 4.24. The quantitative estimate of drug-likeness (QED) is 0.563. The first-order valence-electron chi connectivity index (χ1n) is 6.34. The molecule has 1 atom stereocenters. The molecule has 1 unspecified atom stereocenters. The second kappa shape index (κ2) is 8.35. The van der Waals surface area contributed by atoms with Crippen molar-refractivity contribution in [3.05, 3.63) is 42.0 Å². The van der Waals surface area contributed by atoms with Gasteiger partial charge in [-0.1, -0.05) is 36.4 Å². The predicted octanol–water partition coefficient (Wildman–Crippen LogP) is 0.473. The van der Waals surface area contributed by atoms with Crippen molar-refractivity contribution in [2.45, 2.75) is 6.04 Å². The lowest BCUT2D eigenvalue weighted by Crippen LogP contribution is -2.51. The minimum atomic E-state index is -1.61. The van der Waals surface area contributed by atoms with Crippen molar-refractivity contribution in [2.24, 2.45) is 0 Å². The Kier molecular flexibility index (Phi) is 6.49. The number of carboxylic acids is 1. The Bertz CT molecular complexity index is 583. The maximum absolute atomic E-state index is 12.0. The molecule has 0 saturated heterocycles. The standard InChI is InChI=1S/C15H15N2O5/c1-16-15(22)17(9-14(20)21)12(10-18)13(19)8-7-11-5-3-2-4-6-11/h2-8,12H,9H2,1H3,(H,16,22)(H,20,21). The number of carbonyl (C=O) groups is 3. The van der Waals surface area contributed by atoms with Crippen molar-refractivity contribution in [1.82, 2.24) is 10.2 Å². The summed E-state index contributed by atoms with van der Waals surface area (Å²) in [6, 6.07) is 6.38. The molecule has 0 fully saturated rings. The Morgan fingerprint density at radius 2 is 1.95 bits per heavy atom. The number of urea groups is 1. The number of benzene rings is 1. The number of carboxylic acid groups (broad SMARTS) is 1. The van der Waals surface area contributed by atoms with Gasteiger partial charge in [-0.3, -0.25) is 19.3 Å². The molecule has 2 amide bonds. The van der Waals surface area contributed by atoms with E-state index in [0.29, 0.717) is 4.90 Å². The van der Waals surface area contributed by atoms with Crippen LogP contribution in [-0.2, 0) is 14.4 Å². The predicted molar refractivity (Wildman–Crippen MR) is 78.8 cm³/mol. The first kappa shape index (κ1) is 17.1. The average Bonchev–Trinajstić information content (AvgIpc) is 2.52. The van der Waals surface area contributed by atoms with Crippen LogP contribution in [0.5, 0.6) is 0 Å². The number of nitrogens with zero attached hydrogens (tertiary/aromatic N) is 1. The zero-order valence-electron chi connectivity index (χ0n) is 11.9. The highest BCUT2D eigenvalue weighted by Crippen LogP contribution is 2.05. The Balaban J connectivity index is 2.93. The van der Waals surface area contributed by atoms with Crippen LogP contribution in [0.1, 0.15) is 5.56 Å². The molecule has 7 heteroatoms. The van der Waals surface area contributed by atoms with Crippen LogP contribution < -0.4 is 5.32 Å². The molecule has 22 heavy (non-hydrogen) atoms. The van der Waals surface area contributed by atoms with E-state index in [0.717, 1.165) is 11.6 Å². The first-order chi connectivity index (χ1) is 10.5. The van der Waals surface area contributed by atoms with Gasteiger partial charge in [0.25, 0.3) is 0 Å². The highest BCUT2D eigenvalue weighted by molar-refractivity contribution is 6.08. The maximum atomic E-state index is 12.0. The molecular formula is C15H15N2O5. The molecule has 0 spiro atoms. The maximum Gasteiger partial charge on any atom is 0.323 e. The van der Waals surface area contributed by atoms with Crippen molar-refractivity contribution in [3.63, 3.8) is 0 Å². The molecule has 1 rings (SSSR count). The van der Waals surface area contributed by atoms with E-state index in [1.807, 2.05) is 0 Å². The van der Waals surface area contributed by atoms with Crippen LogP contribution in [0.15, 0.2) is 36.4 Å². The number of ketones is 1. The Labute approximate surface area is 127 Å². The van der Waals surface area contributed by atoms with E-state index in [1.54, 1.807) is 30.3 Å². The monoisotopic (exact) mass is 303 g/mol. The van der Waals surface area contributed by atoms with E-state index in [2.05, 4.69) is 5.32 Å². The van der Waals surface area contributed by atoms with Gasteiger partial charge >= 0.3 is 12.0 Å². The van der Waals surface area contributed by atoms with Crippen molar-refractivity contribution in [2.75, 3.05) is 13.6 Å². The summed E-state index contributed by atoms with van der Waals surface area (Å²) in [4.78, 5) is 46.0. The third kappa shape index (κ3) is 4.86. The van der Waals surface area contributed by atoms with Crippen LogP contribution in [0.4, 0.5) is 4.79 Å². The number of hydrogen-bond donors (Lipinski definition) is 2. The van der Waals surface area contributed by atoms with Crippen molar-refractivity contribution in [3.8, 4) is 0 Å². The molecule has 0 aliphatic rings. The van der Waals surface area contributed by atoms with E-state index in [4.69, 9.17) is 5.11 Å². The average molecular weight is 303 g/mol. The fraction of sp³-hybridized carbons (Fsp3) is 0.200. The van der Waals surface area contributed by atoms with Crippen molar-refractivity contribution < 1.29 is 24.3 Å². The van der Waals surface area contributed by atoms with Gasteiger partial charge in [0, 0.05) is 7.05 Å². The number of carbonyl (C=O) groups excluding carboxylic acids is 3. The molecule has 0 aromatic heterocycles. The molecule has 0 saturated carbocycles. The van der Waals surface area contributed by atoms with Crippen molar-refractivity contribution in [1.29, 1.82) is 0 Å². The summed E-state index contributed by atoms with van der Waals surface area (Å²) in [7, 11) is 1.27. The van der Waals surface area contributed by atoms with Crippen LogP contribution >= 0.6 is 0 Å². The highest BCUT2D eigenvalue weighted by Gasteiger charge is 2.30. The second-order valence-electron chi connectivity index (χ2n) is 4.24. The Hall–Kier alpha value is -2.96. The van der Waals surface area contributed by atoms with Gasteiger partial charge in [-0.15, -0.1) is 0 Å². The van der Waals surface area contributed by atoms with Gasteiger partial charge < -0.3 is 10.4 Å². The normalized spacial score (nSPS) is 11.7. The van der Waals surface area contributed by atoms with Crippen LogP contribution in [-0.4, -0.2) is 53.7 Å². The summed E-state index contributed by atoms with van der Waals surface area (Å²) in [5, 5.41) is 11.0. The van der Waals surface area contributed by atoms with E-state index in [1.165, 1.54) is 19.4 Å². The molecule has 0 aliphatic carbocycles. The van der Waals surface area contributed by atoms with E-state index < -0.39 is 30.4 Å². The third-order valence-corrected chi connectivity index (χ3v) is 2.71. The van der Waals surface area contributed by atoms with E-state index in [9.17, 15) is 19.2 Å². The third-order valence-electron chi connectivity index (χ3n) is 2.71. The van der Waals surface area contributed by atoms with Gasteiger partial charge in [-0.05, 0) is 11.6 Å². The molecule has 0 bridgehead atoms. The van der Waals surface area contributed by atoms with Gasteiger partial charge in [-0.2, -0.15) is 0 Å². The lowest BCUT2D eigenvalue weighted by Gasteiger charge is -2.23. The summed E-state index contributed by atoms with van der Waals surface area (Å²) < 4.78 is 0. The van der Waals surface area contributed by atoms with Gasteiger partial charge in [0.05, 0.1) is 0 Å². The molecular weight excluding hydrogens is 288 g/mol. The number of rotatable bonds is 7. The van der Waals surface area contributed by atoms with E-state index in [-0.39, 0.29) is 0 Å². The summed E-state index contributed by atoms with van der Waals surface area (Å²) in [5.41, 5.74) is 0.727. The lowest BCUT2D eigenvalue weighted by molar-refractivity contribution is -0.138. The van der Waals surface area contributed by atoms with Gasteiger partial charge in [0.15, 0.2) is 11.8 Å². The molecule has 7 nitrogen and oxygen atoms in total. The topological polar surface area (TPSA) is 104 Å². The van der Waals surface area contributed by atoms with Gasteiger partial charge in [0.2, 0.25) is 6.29 Å². The van der Waals surface area contributed by atoms with Gasteiger partial charge in [-0.25, -0.2) is 4.79 Å². The zero-order chi connectivity index (χ0) is 16.5. The molecule has 1 aromatic rings. The number of amides is 2. The molecule has 1 radical (unpaired) electrons. The molecule has 0 aliphatic heterocycles. The van der Waals surface area contributed by atoms with Crippen LogP contribution in [0.2, 0.25) is 0 Å². The molecule has 0 heterocycles. The highest BCUT2D eigenvalue weighted by atomic mass is 16.4. The number of hydrogen-bond acceptors (Lipinski definition) is 4. The number of aliphatic carboxylic acids is 1. The molecule has 115 valence electrons. The summed E-state index contributed by atoms with van der Waals surface area (Å²) in [5.74, 6) is -2.08. The van der Waals surface area contributed by atoms with Crippen LogP contribution in [0.3, 0.4) is 0 Å². The number of nitrogens with one attached hydrogen (secondary N) is 1. The fourth-order valence-corrected chi connectivity index (χ4v) is 1.68. The zero-order valence-corrected chi connectivity index (χ0v) is 11.9. The Morgan fingerprint density at radius 3 is 2.45 bits per heavy atom. The van der Waals surface area contributed by atoms with Crippen molar-refractivity contribution >= 4 is 30.1 Å². The lowest BCUT2D eigenvalue weighted by atomic mass is 10.1. The fourth-order valence-electron chi connectivity index (χ4n) is 1.68. The summed E-state index contributed by atoms with van der Waals surface area (Å²) in [6.07, 6.45) is 3.99. The molecule has 1 aromatic carbocycles. The van der Waals surface area contributed by atoms with Crippen LogP contribution in [0.25, 0.3) is 6.08 Å². The minimum Gasteiger partial charge on any atom is -0.480 e. The minimum absolute atomic E-state index is 0.604. The first-order valence-corrected chi connectivity index (χ1v) is 6.34. The SMILES string of the molecule is CNC(=O)N(CC(=O)O)C([C]=O)C(=O)C=Cc1ccccc1.